The molecule has 0 aromatic heterocycles. The van der Waals surface area contributed by atoms with Crippen LogP contribution in [0.4, 0.5) is 0 Å². The Morgan fingerprint density at radius 3 is 1.67 bits per heavy atom. The second-order valence-corrected chi connectivity index (χ2v) is 2.69. The number of carbonyl (C=O) groups is 3. The molecular formula is C8H15NO6. The summed E-state index contributed by atoms with van der Waals surface area (Å²) in [6.45, 7) is 2.84. The number of ketones is 1. The molecule has 0 saturated heterocycles. The van der Waals surface area contributed by atoms with Crippen molar-refractivity contribution in [3.05, 3.63) is 0 Å². The molecule has 5 N–H and O–H groups in total. The minimum atomic E-state index is -1.34. The number of carboxylic acid groups (broad SMARTS) is 2. The first-order valence-electron chi connectivity index (χ1n) is 4.16. The third-order valence-corrected chi connectivity index (χ3v) is 1.36. The van der Waals surface area contributed by atoms with Crippen LogP contribution in [0.15, 0.2) is 0 Å². The van der Waals surface area contributed by atoms with Crippen LogP contribution in [0.3, 0.4) is 0 Å². The molecule has 0 radical (unpaired) electrons. The molecule has 0 heterocycles. The van der Waals surface area contributed by atoms with Crippen LogP contribution in [0.25, 0.3) is 0 Å². The van der Waals surface area contributed by atoms with Crippen LogP contribution in [-0.4, -0.2) is 45.2 Å². The van der Waals surface area contributed by atoms with E-state index < -0.39 is 29.9 Å². The standard InChI is InChI=1S/C4H9NO3.C4H6O3/c1-2(6)3(5)4(7)8;1-2-3(5)4(6)7/h2-3,6H,5H2,1H3,(H,7,8);2H2,1H3,(H,6,7)/t2-,3+;/m1./s1. The number of aliphatic carboxylic acids is 2. The minimum absolute atomic E-state index is 0.0787. The maximum atomic E-state index is 9.91. The molecular weight excluding hydrogens is 206 g/mol. The number of rotatable bonds is 4. The predicted molar refractivity (Wildman–Crippen MR) is 50.2 cm³/mol. The van der Waals surface area contributed by atoms with Gasteiger partial charge in [-0.05, 0) is 6.92 Å². The van der Waals surface area contributed by atoms with Gasteiger partial charge in [-0.25, -0.2) is 4.79 Å². The molecule has 0 aliphatic carbocycles. The Bertz CT molecular complexity index is 237. The van der Waals surface area contributed by atoms with E-state index in [1.807, 2.05) is 0 Å². The average Bonchev–Trinajstić information content (AvgIpc) is 2.15. The minimum Gasteiger partial charge on any atom is -0.480 e. The van der Waals surface area contributed by atoms with Crippen molar-refractivity contribution in [3.63, 3.8) is 0 Å². The number of hydrogen-bond donors (Lipinski definition) is 4. The Kier molecular flexibility index (Phi) is 8.40. The Balaban J connectivity index is 0. The third kappa shape index (κ3) is 8.85. The van der Waals surface area contributed by atoms with E-state index in [4.69, 9.17) is 21.1 Å². The van der Waals surface area contributed by atoms with Gasteiger partial charge in [0.25, 0.3) is 0 Å². The fourth-order valence-electron chi connectivity index (χ4n) is 0.358. The summed E-state index contributed by atoms with van der Waals surface area (Å²) in [5, 5.41) is 24.4. The van der Waals surface area contributed by atoms with Crippen molar-refractivity contribution in [2.45, 2.75) is 32.4 Å². The van der Waals surface area contributed by atoms with Gasteiger partial charge in [-0.15, -0.1) is 0 Å². The lowest BCUT2D eigenvalue weighted by Crippen LogP contribution is -2.39. The lowest BCUT2D eigenvalue weighted by atomic mass is 10.2. The molecule has 88 valence electrons. The molecule has 2 atom stereocenters. The molecule has 0 aliphatic heterocycles. The Morgan fingerprint density at radius 2 is 1.67 bits per heavy atom. The highest BCUT2D eigenvalue weighted by Crippen LogP contribution is 1.85. The van der Waals surface area contributed by atoms with Crippen molar-refractivity contribution in [1.82, 2.24) is 0 Å². The summed E-state index contributed by atoms with van der Waals surface area (Å²) in [6, 6.07) is -1.16. The van der Waals surface area contributed by atoms with Crippen molar-refractivity contribution in [3.8, 4) is 0 Å². The normalized spacial score (nSPS) is 13.1. The molecule has 7 heteroatoms. The maximum Gasteiger partial charge on any atom is 0.372 e. The molecule has 0 aliphatic rings. The topological polar surface area (TPSA) is 138 Å². The number of carbonyl (C=O) groups excluding carboxylic acids is 1. The molecule has 0 amide bonds. The summed E-state index contributed by atoms with van der Waals surface area (Å²) in [5.74, 6) is -3.26. The summed E-state index contributed by atoms with van der Waals surface area (Å²) in [7, 11) is 0. The number of carboxylic acids is 2. The van der Waals surface area contributed by atoms with Crippen LogP contribution >= 0.6 is 0 Å². The van der Waals surface area contributed by atoms with Crippen molar-refractivity contribution >= 4 is 17.7 Å². The Hall–Kier alpha value is -1.47. The van der Waals surface area contributed by atoms with Crippen LogP contribution < -0.4 is 5.73 Å². The first-order chi connectivity index (χ1) is 6.73. The fraction of sp³-hybridized carbons (Fsp3) is 0.625. The highest BCUT2D eigenvalue weighted by molar-refractivity contribution is 6.32. The van der Waals surface area contributed by atoms with Crippen molar-refractivity contribution in [1.29, 1.82) is 0 Å². The molecule has 7 nitrogen and oxygen atoms in total. The van der Waals surface area contributed by atoms with Gasteiger partial charge in [-0.1, -0.05) is 6.92 Å². The van der Waals surface area contributed by atoms with Crippen LogP contribution in [-0.2, 0) is 14.4 Å². The molecule has 0 aromatic rings. The van der Waals surface area contributed by atoms with Crippen molar-refractivity contribution in [2.75, 3.05) is 0 Å². The smallest absolute Gasteiger partial charge is 0.372 e. The van der Waals surface area contributed by atoms with Gasteiger partial charge in [-0.2, -0.15) is 0 Å². The second kappa shape index (κ2) is 7.89. The van der Waals surface area contributed by atoms with Crippen LogP contribution in [0, 0.1) is 0 Å². The van der Waals surface area contributed by atoms with E-state index in [0.29, 0.717) is 0 Å². The van der Waals surface area contributed by atoms with E-state index >= 15 is 0 Å². The van der Waals surface area contributed by atoms with Crippen LogP contribution in [0.2, 0.25) is 0 Å². The number of hydrogen-bond acceptors (Lipinski definition) is 5. The van der Waals surface area contributed by atoms with E-state index in [2.05, 4.69) is 0 Å². The Labute approximate surface area is 86.5 Å². The van der Waals surface area contributed by atoms with Crippen LogP contribution in [0.5, 0.6) is 0 Å². The summed E-state index contributed by atoms with van der Waals surface area (Å²) in [5.41, 5.74) is 4.91. The van der Waals surface area contributed by atoms with Gasteiger partial charge in [0.15, 0.2) is 0 Å². The van der Waals surface area contributed by atoms with Crippen molar-refractivity contribution in [2.24, 2.45) is 5.73 Å². The molecule has 0 unspecified atom stereocenters. The van der Waals surface area contributed by atoms with E-state index in [9.17, 15) is 14.4 Å². The Morgan fingerprint density at radius 1 is 1.27 bits per heavy atom. The highest BCUT2D eigenvalue weighted by atomic mass is 16.4. The fourth-order valence-corrected chi connectivity index (χ4v) is 0.358. The van der Waals surface area contributed by atoms with Gasteiger partial charge >= 0.3 is 11.9 Å². The van der Waals surface area contributed by atoms with Crippen LogP contribution in [0.1, 0.15) is 20.3 Å². The lowest BCUT2D eigenvalue weighted by molar-refractivity contribution is -0.148. The molecule has 15 heavy (non-hydrogen) atoms. The molecule has 0 fully saturated rings. The lowest BCUT2D eigenvalue weighted by Gasteiger charge is -2.06. The number of nitrogens with two attached hydrogens (primary N) is 1. The number of Topliss-reactive ketones (excluding diaryl/α,β-unsaturated/α-hetero) is 1. The first kappa shape index (κ1) is 16.0. The molecule has 0 aromatic carbocycles. The monoisotopic (exact) mass is 221 g/mol. The average molecular weight is 221 g/mol. The summed E-state index contributed by atoms with van der Waals surface area (Å²) in [6.07, 6.45) is -0.900. The highest BCUT2D eigenvalue weighted by Gasteiger charge is 2.16. The van der Waals surface area contributed by atoms with E-state index in [0.717, 1.165) is 0 Å². The summed E-state index contributed by atoms with van der Waals surface area (Å²) < 4.78 is 0. The predicted octanol–water partition coefficient (Wildman–Crippen LogP) is -1.17. The zero-order valence-corrected chi connectivity index (χ0v) is 8.51. The number of aliphatic hydroxyl groups is 1. The SMILES string of the molecule is CCC(=O)C(=O)O.C[C@@H](O)[C@H](N)C(=O)O. The van der Waals surface area contributed by atoms with E-state index in [-0.39, 0.29) is 6.42 Å². The second-order valence-electron chi connectivity index (χ2n) is 2.69. The van der Waals surface area contributed by atoms with Gasteiger partial charge in [0.2, 0.25) is 5.78 Å². The zero-order valence-electron chi connectivity index (χ0n) is 8.51. The molecule has 0 saturated carbocycles. The van der Waals surface area contributed by atoms with Gasteiger partial charge in [0.05, 0.1) is 6.10 Å². The maximum absolute atomic E-state index is 9.91. The van der Waals surface area contributed by atoms with Crippen molar-refractivity contribution < 1.29 is 29.7 Å². The van der Waals surface area contributed by atoms with Gasteiger partial charge < -0.3 is 21.1 Å². The van der Waals surface area contributed by atoms with E-state index in [1.165, 1.54) is 13.8 Å². The molecule has 0 bridgehead atoms. The third-order valence-electron chi connectivity index (χ3n) is 1.36. The van der Waals surface area contributed by atoms with Gasteiger partial charge in [0.1, 0.15) is 6.04 Å². The summed E-state index contributed by atoms with van der Waals surface area (Å²) in [4.78, 5) is 29.3. The van der Waals surface area contributed by atoms with Gasteiger partial charge in [-0.3, -0.25) is 9.59 Å². The number of aliphatic hydroxyl groups excluding tert-OH is 1. The zero-order chi connectivity index (χ0) is 12.6. The molecule has 0 rings (SSSR count). The quantitative estimate of drug-likeness (QED) is 0.438. The molecule has 0 spiro atoms. The van der Waals surface area contributed by atoms with E-state index in [1.54, 1.807) is 0 Å². The summed E-state index contributed by atoms with van der Waals surface area (Å²) >= 11 is 0. The van der Waals surface area contributed by atoms with Gasteiger partial charge in [0, 0.05) is 6.42 Å². The largest absolute Gasteiger partial charge is 0.480 e. The first-order valence-corrected chi connectivity index (χ1v) is 4.16.